The lowest BCUT2D eigenvalue weighted by Gasteiger charge is -2.30. The highest BCUT2D eigenvalue weighted by Gasteiger charge is 2.27. The highest BCUT2D eigenvalue weighted by Crippen LogP contribution is 2.34. The largest absolute Gasteiger partial charge is 0.384 e. The molecule has 0 spiro atoms. The number of amidine groups is 1. The van der Waals surface area contributed by atoms with E-state index in [1.807, 2.05) is 18.2 Å². The molecule has 1 unspecified atom stereocenters. The van der Waals surface area contributed by atoms with Crippen LogP contribution in [-0.4, -0.2) is 23.8 Å². The van der Waals surface area contributed by atoms with E-state index in [2.05, 4.69) is 31.7 Å². The van der Waals surface area contributed by atoms with Crippen LogP contribution in [0.2, 0.25) is 0 Å². The summed E-state index contributed by atoms with van der Waals surface area (Å²) in [7, 11) is 0. The first kappa shape index (κ1) is 16.0. The molecule has 0 radical (unpaired) electrons. The van der Waals surface area contributed by atoms with Gasteiger partial charge in [-0.25, -0.2) is 0 Å². The van der Waals surface area contributed by atoms with Crippen LogP contribution in [0.5, 0.6) is 0 Å². The van der Waals surface area contributed by atoms with E-state index in [1.54, 1.807) is 0 Å². The Kier molecular flexibility index (Phi) is 5.04. The number of benzene rings is 1. The van der Waals surface area contributed by atoms with Gasteiger partial charge in [0.25, 0.3) is 0 Å². The number of hydrogen-bond acceptors (Lipinski definition) is 2. The van der Waals surface area contributed by atoms with Crippen LogP contribution in [0.25, 0.3) is 0 Å². The molecule has 0 aliphatic carbocycles. The van der Waals surface area contributed by atoms with Crippen LogP contribution in [0.3, 0.4) is 0 Å². The summed E-state index contributed by atoms with van der Waals surface area (Å²) in [6.07, 6.45) is 3.87. The van der Waals surface area contributed by atoms with Crippen LogP contribution < -0.4 is 5.73 Å². The minimum absolute atomic E-state index is 0.174. The lowest BCUT2D eigenvalue weighted by Crippen LogP contribution is -2.27. The highest BCUT2D eigenvalue weighted by molar-refractivity contribution is 5.96. The van der Waals surface area contributed by atoms with Crippen molar-refractivity contribution in [2.45, 2.75) is 46.6 Å². The molecule has 0 bridgehead atoms. The quantitative estimate of drug-likeness (QED) is 0.659. The summed E-state index contributed by atoms with van der Waals surface area (Å²) in [5.74, 6) is 0.985. The van der Waals surface area contributed by atoms with E-state index in [0.717, 1.165) is 31.1 Å². The zero-order valence-electron chi connectivity index (χ0n) is 13.7. The Hall–Kier alpha value is -1.35. The Morgan fingerprint density at radius 1 is 1.24 bits per heavy atom. The predicted molar refractivity (Wildman–Crippen MR) is 89.5 cm³/mol. The van der Waals surface area contributed by atoms with Crippen LogP contribution in [0.15, 0.2) is 24.3 Å². The molecule has 1 heterocycles. The number of nitrogens with two attached hydrogens (primary N) is 1. The molecular weight excluding hydrogens is 258 g/mol. The van der Waals surface area contributed by atoms with Gasteiger partial charge in [-0.2, -0.15) is 0 Å². The number of rotatable bonds is 3. The van der Waals surface area contributed by atoms with E-state index < -0.39 is 0 Å². The Morgan fingerprint density at radius 2 is 1.95 bits per heavy atom. The molecule has 21 heavy (non-hydrogen) atoms. The van der Waals surface area contributed by atoms with E-state index in [4.69, 9.17) is 11.1 Å². The first-order chi connectivity index (χ1) is 9.88. The molecule has 116 valence electrons. The van der Waals surface area contributed by atoms with Crippen molar-refractivity contribution >= 4 is 5.84 Å². The average molecular weight is 287 g/mol. The van der Waals surface area contributed by atoms with E-state index in [9.17, 15) is 0 Å². The van der Waals surface area contributed by atoms with Crippen LogP contribution in [0, 0.1) is 16.7 Å². The first-order valence-corrected chi connectivity index (χ1v) is 8.02. The summed E-state index contributed by atoms with van der Waals surface area (Å²) >= 11 is 0. The summed E-state index contributed by atoms with van der Waals surface area (Å²) in [6, 6.07) is 8.05. The number of nitrogens with zero attached hydrogens (tertiary/aromatic N) is 1. The van der Waals surface area contributed by atoms with E-state index >= 15 is 0 Å². The minimum Gasteiger partial charge on any atom is -0.384 e. The SMILES string of the molecule is CC(C)(C)C1CCCN(Cc2ccccc2C(=N)N)CC1. The molecule has 0 aromatic heterocycles. The molecule has 2 rings (SSSR count). The van der Waals surface area contributed by atoms with Gasteiger partial charge in [0.15, 0.2) is 0 Å². The topological polar surface area (TPSA) is 53.1 Å². The van der Waals surface area contributed by atoms with Crippen molar-refractivity contribution in [3.63, 3.8) is 0 Å². The van der Waals surface area contributed by atoms with Crippen LogP contribution in [-0.2, 0) is 6.54 Å². The van der Waals surface area contributed by atoms with Crippen LogP contribution in [0.4, 0.5) is 0 Å². The molecule has 1 atom stereocenters. The molecule has 0 amide bonds. The van der Waals surface area contributed by atoms with E-state index in [-0.39, 0.29) is 5.84 Å². The van der Waals surface area contributed by atoms with Gasteiger partial charge < -0.3 is 5.73 Å². The Bertz CT molecular complexity index is 487. The molecule has 3 heteroatoms. The fraction of sp³-hybridized carbons (Fsp3) is 0.611. The van der Waals surface area contributed by atoms with Gasteiger partial charge in [-0.15, -0.1) is 0 Å². The molecule has 0 saturated carbocycles. The van der Waals surface area contributed by atoms with Crippen molar-refractivity contribution in [2.24, 2.45) is 17.1 Å². The van der Waals surface area contributed by atoms with Crippen molar-refractivity contribution in [1.82, 2.24) is 4.90 Å². The Labute approximate surface area is 129 Å². The number of nitrogens with one attached hydrogen (secondary N) is 1. The molecule has 3 nitrogen and oxygen atoms in total. The van der Waals surface area contributed by atoms with Gasteiger partial charge in [-0.3, -0.25) is 10.3 Å². The molecule has 1 aliphatic rings. The monoisotopic (exact) mass is 287 g/mol. The third-order valence-electron chi connectivity index (χ3n) is 4.75. The maximum atomic E-state index is 7.71. The van der Waals surface area contributed by atoms with Gasteiger partial charge in [0.2, 0.25) is 0 Å². The Balaban J connectivity index is 2.03. The van der Waals surface area contributed by atoms with Crippen molar-refractivity contribution in [3.05, 3.63) is 35.4 Å². The molecule has 1 aliphatic heterocycles. The third kappa shape index (κ3) is 4.31. The second kappa shape index (κ2) is 6.61. The van der Waals surface area contributed by atoms with Gasteiger partial charge >= 0.3 is 0 Å². The van der Waals surface area contributed by atoms with Crippen molar-refractivity contribution in [3.8, 4) is 0 Å². The summed E-state index contributed by atoms with van der Waals surface area (Å²) in [5, 5.41) is 7.71. The maximum absolute atomic E-state index is 7.71. The lowest BCUT2D eigenvalue weighted by atomic mass is 9.77. The van der Waals surface area contributed by atoms with E-state index in [1.165, 1.54) is 24.8 Å². The van der Waals surface area contributed by atoms with Crippen molar-refractivity contribution < 1.29 is 0 Å². The second-order valence-corrected chi connectivity index (χ2v) is 7.34. The zero-order chi connectivity index (χ0) is 15.5. The fourth-order valence-electron chi connectivity index (χ4n) is 3.34. The highest BCUT2D eigenvalue weighted by atomic mass is 15.1. The maximum Gasteiger partial charge on any atom is 0.123 e. The zero-order valence-corrected chi connectivity index (χ0v) is 13.7. The number of likely N-dealkylation sites (tertiary alicyclic amines) is 1. The normalized spacial score (nSPS) is 21.0. The third-order valence-corrected chi connectivity index (χ3v) is 4.75. The molecular formula is C18H29N3. The fourth-order valence-corrected chi connectivity index (χ4v) is 3.34. The van der Waals surface area contributed by atoms with Gasteiger partial charge in [0, 0.05) is 12.1 Å². The van der Waals surface area contributed by atoms with Gasteiger partial charge in [0.1, 0.15) is 5.84 Å². The van der Waals surface area contributed by atoms with E-state index in [0.29, 0.717) is 5.41 Å². The molecule has 3 N–H and O–H groups in total. The minimum atomic E-state index is 0.174. The summed E-state index contributed by atoms with van der Waals surface area (Å²) in [6.45, 7) is 10.3. The number of hydrogen-bond donors (Lipinski definition) is 2. The molecule has 1 aromatic rings. The molecule has 1 fully saturated rings. The van der Waals surface area contributed by atoms with Gasteiger partial charge in [-0.05, 0) is 49.2 Å². The standard InChI is InChI=1S/C18H29N3/c1-18(2,3)15-8-6-11-21(12-10-15)13-14-7-4-5-9-16(14)17(19)20/h4-5,7,9,15H,6,8,10-13H2,1-3H3,(H3,19,20). The lowest BCUT2D eigenvalue weighted by molar-refractivity contribution is 0.206. The summed E-state index contributed by atoms with van der Waals surface area (Å²) in [5.41, 5.74) is 8.17. The average Bonchev–Trinajstić information content (AvgIpc) is 2.64. The number of nitrogen functional groups attached to an aromatic ring is 1. The van der Waals surface area contributed by atoms with Crippen LogP contribution in [0.1, 0.15) is 51.2 Å². The van der Waals surface area contributed by atoms with Gasteiger partial charge in [-0.1, -0.05) is 45.0 Å². The predicted octanol–water partition coefficient (Wildman–Crippen LogP) is 3.62. The van der Waals surface area contributed by atoms with Crippen molar-refractivity contribution in [1.29, 1.82) is 5.41 Å². The summed E-state index contributed by atoms with van der Waals surface area (Å²) in [4.78, 5) is 2.52. The Morgan fingerprint density at radius 3 is 2.62 bits per heavy atom. The van der Waals surface area contributed by atoms with Crippen LogP contribution >= 0.6 is 0 Å². The van der Waals surface area contributed by atoms with Gasteiger partial charge in [0.05, 0.1) is 0 Å². The summed E-state index contributed by atoms with van der Waals surface area (Å²) < 4.78 is 0. The second-order valence-electron chi connectivity index (χ2n) is 7.34. The molecule has 1 aromatic carbocycles. The molecule has 1 saturated heterocycles. The first-order valence-electron chi connectivity index (χ1n) is 8.02. The smallest absolute Gasteiger partial charge is 0.123 e. The van der Waals surface area contributed by atoms with Crippen molar-refractivity contribution in [2.75, 3.05) is 13.1 Å².